The SMILES string of the molecule is CCN(CCC(=O)Nc1ccccc1F)Cc1ccc(OCc2cccs2)c(OC)c1. The Morgan fingerprint density at radius 1 is 1.13 bits per heavy atom. The summed E-state index contributed by atoms with van der Waals surface area (Å²) in [5, 5.41) is 4.65. The Bertz CT molecular complexity index is 979. The highest BCUT2D eigenvalue weighted by Crippen LogP contribution is 2.29. The summed E-state index contributed by atoms with van der Waals surface area (Å²) >= 11 is 1.65. The van der Waals surface area contributed by atoms with Crippen LogP contribution in [0, 0.1) is 5.82 Å². The molecule has 1 amide bonds. The van der Waals surface area contributed by atoms with Gasteiger partial charge >= 0.3 is 0 Å². The second-order valence-corrected chi connectivity index (χ2v) is 8.03. The Balaban J connectivity index is 1.54. The Kier molecular flexibility index (Phi) is 8.44. The molecule has 0 bridgehead atoms. The first-order valence-electron chi connectivity index (χ1n) is 10.2. The van der Waals surface area contributed by atoms with Crippen LogP contribution in [0.3, 0.4) is 0 Å². The summed E-state index contributed by atoms with van der Waals surface area (Å²) in [5.74, 6) is 0.740. The van der Waals surface area contributed by atoms with Crippen molar-refractivity contribution >= 4 is 22.9 Å². The largest absolute Gasteiger partial charge is 0.493 e. The molecule has 1 aromatic heterocycles. The average molecular weight is 443 g/mol. The number of nitrogens with one attached hydrogen (secondary N) is 1. The highest BCUT2D eigenvalue weighted by atomic mass is 32.1. The maximum Gasteiger partial charge on any atom is 0.225 e. The first-order valence-corrected chi connectivity index (χ1v) is 11.1. The Morgan fingerprint density at radius 3 is 2.68 bits per heavy atom. The third kappa shape index (κ3) is 6.80. The molecule has 0 fully saturated rings. The minimum absolute atomic E-state index is 0.207. The lowest BCUT2D eigenvalue weighted by atomic mass is 10.1. The Labute approximate surface area is 186 Å². The molecule has 3 aromatic rings. The van der Waals surface area contributed by atoms with Gasteiger partial charge in [0.05, 0.1) is 12.8 Å². The molecule has 1 N–H and O–H groups in total. The number of nitrogens with zero attached hydrogens (tertiary/aromatic N) is 1. The van der Waals surface area contributed by atoms with Crippen molar-refractivity contribution in [2.45, 2.75) is 26.5 Å². The molecular weight excluding hydrogens is 415 g/mol. The van der Waals surface area contributed by atoms with E-state index in [9.17, 15) is 9.18 Å². The van der Waals surface area contributed by atoms with Crippen molar-refractivity contribution in [1.29, 1.82) is 0 Å². The molecule has 0 unspecified atom stereocenters. The molecule has 0 saturated heterocycles. The second-order valence-electron chi connectivity index (χ2n) is 7.00. The number of rotatable bonds is 11. The average Bonchev–Trinajstić information content (AvgIpc) is 3.30. The molecule has 0 aliphatic heterocycles. The summed E-state index contributed by atoms with van der Waals surface area (Å²) in [4.78, 5) is 15.5. The molecule has 0 aliphatic rings. The number of anilines is 1. The zero-order valence-electron chi connectivity index (χ0n) is 17.8. The Morgan fingerprint density at radius 2 is 1.97 bits per heavy atom. The van der Waals surface area contributed by atoms with E-state index in [0.29, 0.717) is 31.2 Å². The van der Waals surface area contributed by atoms with Crippen LogP contribution in [-0.2, 0) is 17.9 Å². The van der Waals surface area contributed by atoms with Gasteiger partial charge in [-0.3, -0.25) is 9.69 Å². The zero-order chi connectivity index (χ0) is 22.1. The van der Waals surface area contributed by atoms with Gasteiger partial charge < -0.3 is 14.8 Å². The molecule has 31 heavy (non-hydrogen) atoms. The first kappa shape index (κ1) is 22.8. The van der Waals surface area contributed by atoms with E-state index in [1.54, 1.807) is 36.6 Å². The van der Waals surface area contributed by atoms with Crippen LogP contribution in [0.1, 0.15) is 23.8 Å². The number of para-hydroxylation sites is 1. The van der Waals surface area contributed by atoms with E-state index < -0.39 is 5.82 Å². The standard InChI is InChI=1S/C24H27FN2O3S/c1-3-27(13-12-24(28)26-21-9-5-4-8-20(21)25)16-18-10-11-22(23(15-18)29-2)30-17-19-7-6-14-31-19/h4-11,14-15H,3,12-13,16-17H2,1-2H3,(H,26,28). The van der Waals surface area contributed by atoms with Crippen molar-refractivity contribution in [3.63, 3.8) is 0 Å². The Hall–Kier alpha value is -2.90. The number of hydrogen-bond donors (Lipinski definition) is 1. The van der Waals surface area contributed by atoms with E-state index in [-0.39, 0.29) is 18.0 Å². The van der Waals surface area contributed by atoms with Gasteiger partial charge in [0.25, 0.3) is 0 Å². The van der Waals surface area contributed by atoms with E-state index >= 15 is 0 Å². The highest BCUT2D eigenvalue weighted by Gasteiger charge is 2.12. The predicted octanol–water partition coefficient (Wildman–Crippen LogP) is 5.33. The molecule has 1 heterocycles. The fraction of sp³-hybridized carbons (Fsp3) is 0.292. The van der Waals surface area contributed by atoms with Crippen molar-refractivity contribution in [3.05, 3.63) is 76.2 Å². The van der Waals surface area contributed by atoms with Gasteiger partial charge in [-0.1, -0.05) is 31.2 Å². The quantitative estimate of drug-likeness (QED) is 0.436. The summed E-state index contributed by atoms with van der Waals surface area (Å²) in [5.41, 5.74) is 1.27. The smallest absolute Gasteiger partial charge is 0.225 e. The van der Waals surface area contributed by atoms with Crippen LogP contribution >= 0.6 is 11.3 Å². The molecule has 0 aliphatic carbocycles. The summed E-state index contributed by atoms with van der Waals surface area (Å²) in [6.45, 7) is 4.57. The van der Waals surface area contributed by atoms with Crippen molar-refractivity contribution in [2.24, 2.45) is 0 Å². The van der Waals surface area contributed by atoms with Crippen LogP contribution in [0.4, 0.5) is 10.1 Å². The van der Waals surface area contributed by atoms with E-state index in [1.165, 1.54) is 6.07 Å². The third-order valence-electron chi connectivity index (χ3n) is 4.83. The number of hydrogen-bond acceptors (Lipinski definition) is 5. The maximum absolute atomic E-state index is 13.7. The number of halogens is 1. The first-order chi connectivity index (χ1) is 15.1. The van der Waals surface area contributed by atoms with Gasteiger partial charge in [-0.25, -0.2) is 4.39 Å². The van der Waals surface area contributed by atoms with E-state index in [1.807, 2.05) is 42.6 Å². The predicted molar refractivity (Wildman–Crippen MR) is 122 cm³/mol. The van der Waals surface area contributed by atoms with E-state index in [4.69, 9.17) is 9.47 Å². The number of carbonyl (C=O) groups is 1. The van der Waals surface area contributed by atoms with Crippen LogP contribution < -0.4 is 14.8 Å². The monoisotopic (exact) mass is 442 g/mol. The number of carbonyl (C=O) groups excluding carboxylic acids is 1. The molecule has 164 valence electrons. The minimum Gasteiger partial charge on any atom is -0.493 e. The molecule has 0 saturated carbocycles. The topological polar surface area (TPSA) is 50.8 Å². The van der Waals surface area contributed by atoms with Gasteiger partial charge in [0.15, 0.2) is 11.5 Å². The van der Waals surface area contributed by atoms with Crippen molar-refractivity contribution in [1.82, 2.24) is 4.90 Å². The lowest BCUT2D eigenvalue weighted by Gasteiger charge is -2.21. The molecular formula is C24H27FN2O3S. The zero-order valence-corrected chi connectivity index (χ0v) is 18.6. The minimum atomic E-state index is -0.434. The fourth-order valence-corrected chi connectivity index (χ4v) is 3.73. The summed E-state index contributed by atoms with van der Waals surface area (Å²) in [6, 6.07) is 16.1. The lowest BCUT2D eigenvalue weighted by molar-refractivity contribution is -0.116. The molecule has 0 spiro atoms. The number of benzene rings is 2. The highest BCUT2D eigenvalue weighted by molar-refractivity contribution is 7.09. The van der Waals surface area contributed by atoms with Crippen LogP contribution in [0.2, 0.25) is 0 Å². The molecule has 5 nitrogen and oxygen atoms in total. The number of ether oxygens (including phenoxy) is 2. The van der Waals surface area contributed by atoms with Crippen LogP contribution in [0.5, 0.6) is 11.5 Å². The fourth-order valence-electron chi connectivity index (χ4n) is 3.12. The summed E-state index contributed by atoms with van der Waals surface area (Å²) in [7, 11) is 1.63. The van der Waals surface area contributed by atoms with Crippen molar-refractivity contribution < 1.29 is 18.7 Å². The summed E-state index contributed by atoms with van der Waals surface area (Å²) in [6.07, 6.45) is 0.279. The molecule has 0 atom stereocenters. The number of thiophene rings is 1. The molecule has 2 aromatic carbocycles. The number of methoxy groups -OCH3 is 1. The molecule has 7 heteroatoms. The molecule has 0 radical (unpaired) electrons. The van der Waals surface area contributed by atoms with Gasteiger partial charge in [-0.15, -0.1) is 11.3 Å². The van der Waals surface area contributed by atoms with Crippen molar-refractivity contribution in [2.75, 3.05) is 25.5 Å². The van der Waals surface area contributed by atoms with Crippen molar-refractivity contribution in [3.8, 4) is 11.5 Å². The van der Waals surface area contributed by atoms with Crippen LogP contribution in [0.15, 0.2) is 60.0 Å². The van der Waals surface area contributed by atoms with Crippen LogP contribution in [-0.4, -0.2) is 31.0 Å². The van der Waals surface area contributed by atoms with Gasteiger partial charge in [-0.05, 0) is 47.8 Å². The number of amides is 1. The third-order valence-corrected chi connectivity index (χ3v) is 5.68. The van der Waals surface area contributed by atoms with Gasteiger partial charge in [0.1, 0.15) is 12.4 Å². The van der Waals surface area contributed by atoms with E-state index in [2.05, 4.69) is 10.2 Å². The van der Waals surface area contributed by atoms with Gasteiger partial charge in [-0.2, -0.15) is 0 Å². The van der Waals surface area contributed by atoms with Gasteiger partial charge in [0.2, 0.25) is 5.91 Å². The van der Waals surface area contributed by atoms with E-state index in [0.717, 1.165) is 17.0 Å². The normalized spacial score (nSPS) is 10.8. The molecule has 3 rings (SSSR count). The summed E-state index contributed by atoms with van der Waals surface area (Å²) < 4.78 is 25.1. The maximum atomic E-state index is 13.7. The van der Waals surface area contributed by atoms with Crippen LogP contribution in [0.25, 0.3) is 0 Å². The lowest BCUT2D eigenvalue weighted by Crippen LogP contribution is -2.27. The second kappa shape index (κ2) is 11.5. The van der Waals surface area contributed by atoms with Gasteiger partial charge in [0, 0.05) is 24.4 Å².